The first-order valence-corrected chi connectivity index (χ1v) is 7.28. The third-order valence-electron chi connectivity index (χ3n) is 2.79. The zero-order valence-electron chi connectivity index (χ0n) is 9.33. The van der Waals surface area contributed by atoms with E-state index in [1.165, 1.54) is 7.05 Å². The maximum Gasteiger partial charge on any atom is 0.322 e. The zero-order valence-corrected chi connectivity index (χ0v) is 11.7. The summed E-state index contributed by atoms with van der Waals surface area (Å²) in [6.07, 6.45) is 0.102. The number of hydrogen-bond acceptors (Lipinski definition) is 4. The van der Waals surface area contributed by atoms with Crippen molar-refractivity contribution in [2.24, 2.45) is 0 Å². The Kier molecular flexibility index (Phi) is 3.49. The molecule has 1 aliphatic rings. The van der Waals surface area contributed by atoms with Crippen molar-refractivity contribution in [3.63, 3.8) is 0 Å². The fourth-order valence-electron chi connectivity index (χ4n) is 1.80. The van der Waals surface area contributed by atoms with E-state index in [4.69, 9.17) is 9.52 Å². The van der Waals surface area contributed by atoms with E-state index in [-0.39, 0.29) is 6.42 Å². The summed E-state index contributed by atoms with van der Waals surface area (Å²) in [6.45, 7) is 0. The minimum absolute atomic E-state index is 0.102. The second-order valence-electron chi connectivity index (χ2n) is 3.92. The van der Waals surface area contributed by atoms with Crippen LogP contribution in [0.2, 0.25) is 0 Å². The molecule has 0 spiro atoms. The molecule has 1 aromatic rings. The van der Waals surface area contributed by atoms with Crippen LogP contribution in [0.15, 0.2) is 21.2 Å². The zero-order chi connectivity index (χ0) is 13.5. The van der Waals surface area contributed by atoms with E-state index in [9.17, 15) is 13.2 Å². The van der Waals surface area contributed by atoms with Crippen molar-refractivity contribution in [2.75, 3.05) is 7.05 Å². The third-order valence-corrected chi connectivity index (χ3v) is 4.81. The molecule has 2 rings (SSSR count). The van der Waals surface area contributed by atoms with Crippen LogP contribution in [0, 0.1) is 0 Å². The van der Waals surface area contributed by atoms with Gasteiger partial charge < -0.3 is 9.52 Å². The number of carbonyl (C=O) groups is 1. The number of aliphatic carboxylic acids is 1. The lowest BCUT2D eigenvalue weighted by Gasteiger charge is -2.33. The van der Waals surface area contributed by atoms with Gasteiger partial charge >= 0.3 is 5.97 Å². The largest absolute Gasteiger partial charge is 0.480 e. The molecule has 1 aromatic heterocycles. The summed E-state index contributed by atoms with van der Waals surface area (Å²) in [5.74, 6) is -0.803. The average Bonchev–Trinajstić information content (AvgIpc) is 2.68. The van der Waals surface area contributed by atoms with Gasteiger partial charge in [0.2, 0.25) is 0 Å². The number of rotatable bonds is 2. The predicted octanol–water partition coefficient (Wildman–Crippen LogP) is 0.706. The van der Waals surface area contributed by atoms with Crippen LogP contribution in [-0.2, 0) is 15.0 Å². The van der Waals surface area contributed by atoms with E-state index in [1.54, 1.807) is 12.1 Å². The lowest BCUT2D eigenvalue weighted by atomic mass is 10.1. The smallest absolute Gasteiger partial charge is 0.322 e. The number of nitrogens with zero attached hydrogens (tertiary/aromatic N) is 1. The molecule has 1 aliphatic heterocycles. The fourth-order valence-corrected chi connectivity index (χ4v) is 3.36. The van der Waals surface area contributed by atoms with Crippen molar-refractivity contribution in [3.05, 3.63) is 22.6 Å². The second kappa shape index (κ2) is 4.65. The number of halogens is 1. The molecule has 2 N–H and O–H groups in total. The van der Waals surface area contributed by atoms with E-state index in [1.807, 2.05) is 0 Å². The molecule has 100 valence electrons. The van der Waals surface area contributed by atoms with Crippen LogP contribution in [0.3, 0.4) is 0 Å². The minimum Gasteiger partial charge on any atom is -0.480 e. The highest BCUT2D eigenvalue weighted by Crippen LogP contribution is 2.30. The maximum absolute atomic E-state index is 11.8. The Hall–Kier alpha value is -0.900. The molecule has 0 radical (unpaired) electrons. The highest BCUT2D eigenvalue weighted by molar-refractivity contribution is 9.10. The molecule has 9 heteroatoms. The molecule has 0 amide bonds. The van der Waals surface area contributed by atoms with Gasteiger partial charge in [0, 0.05) is 7.05 Å². The first kappa shape index (κ1) is 13.5. The van der Waals surface area contributed by atoms with Crippen molar-refractivity contribution < 1.29 is 22.7 Å². The van der Waals surface area contributed by atoms with Gasteiger partial charge in [0.15, 0.2) is 4.67 Å². The highest BCUT2D eigenvalue weighted by Gasteiger charge is 2.41. The van der Waals surface area contributed by atoms with Crippen molar-refractivity contribution in [1.82, 2.24) is 9.03 Å². The lowest BCUT2D eigenvalue weighted by Crippen LogP contribution is -2.54. The molecule has 1 saturated heterocycles. The van der Waals surface area contributed by atoms with E-state index in [0.717, 1.165) is 4.31 Å². The third kappa shape index (κ3) is 2.44. The Morgan fingerprint density at radius 3 is 2.78 bits per heavy atom. The first-order valence-electron chi connectivity index (χ1n) is 5.04. The van der Waals surface area contributed by atoms with Gasteiger partial charge in [-0.1, -0.05) is 0 Å². The normalized spacial score (nSPS) is 28.1. The van der Waals surface area contributed by atoms with Gasteiger partial charge in [0.25, 0.3) is 10.2 Å². The van der Waals surface area contributed by atoms with E-state index in [2.05, 4.69) is 20.7 Å². The van der Waals surface area contributed by atoms with Gasteiger partial charge in [0.1, 0.15) is 11.8 Å². The summed E-state index contributed by atoms with van der Waals surface area (Å²) >= 11 is 3.11. The van der Waals surface area contributed by atoms with Crippen molar-refractivity contribution in [1.29, 1.82) is 0 Å². The molecule has 0 saturated carbocycles. The van der Waals surface area contributed by atoms with Gasteiger partial charge in [-0.3, -0.25) is 4.79 Å². The van der Waals surface area contributed by atoms with Crippen LogP contribution in [0.4, 0.5) is 0 Å². The van der Waals surface area contributed by atoms with Crippen LogP contribution in [-0.4, -0.2) is 36.9 Å². The molecule has 0 bridgehead atoms. The Morgan fingerprint density at radius 2 is 2.28 bits per heavy atom. The van der Waals surface area contributed by atoms with E-state index >= 15 is 0 Å². The standard InChI is InChI=1S/C9H11BrN2O5S/c1-12-6(9(13)14)4-5(11-18(12,15)16)7-2-3-8(10)17-7/h2-3,5-6,11H,4H2,1H3,(H,13,14). The summed E-state index contributed by atoms with van der Waals surface area (Å²) in [5, 5.41) is 9.04. The van der Waals surface area contributed by atoms with Gasteiger partial charge in [-0.05, 0) is 34.5 Å². The number of hydrogen-bond donors (Lipinski definition) is 2. The number of nitrogens with one attached hydrogen (secondary N) is 1. The molecule has 1 fully saturated rings. The maximum atomic E-state index is 11.8. The Labute approximate surface area is 112 Å². The molecule has 2 atom stereocenters. The Morgan fingerprint density at radius 1 is 1.61 bits per heavy atom. The summed E-state index contributed by atoms with van der Waals surface area (Å²) in [7, 11) is -2.58. The van der Waals surface area contributed by atoms with Crippen LogP contribution >= 0.6 is 15.9 Å². The van der Waals surface area contributed by atoms with Crippen molar-refractivity contribution >= 4 is 32.1 Å². The van der Waals surface area contributed by atoms with Gasteiger partial charge in [-0.25, -0.2) is 0 Å². The highest BCUT2D eigenvalue weighted by atomic mass is 79.9. The number of carboxylic acids is 1. The summed E-state index contributed by atoms with van der Waals surface area (Å²) in [6, 6.07) is 1.43. The first-order chi connectivity index (χ1) is 8.31. The fraction of sp³-hybridized carbons (Fsp3) is 0.444. The molecule has 0 aliphatic carbocycles. The average molecular weight is 339 g/mol. The Balaban J connectivity index is 2.33. The van der Waals surface area contributed by atoms with Gasteiger partial charge in [-0.15, -0.1) is 0 Å². The molecule has 2 unspecified atom stereocenters. The predicted molar refractivity (Wildman–Crippen MR) is 65.0 cm³/mol. The van der Waals surface area contributed by atoms with E-state index in [0.29, 0.717) is 10.4 Å². The van der Waals surface area contributed by atoms with Crippen molar-refractivity contribution in [2.45, 2.75) is 18.5 Å². The van der Waals surface area contributed by atoms with Gasteiger partial charge in [-0.2, -0.15) is 17.4 Å². The summed E-state index contributed by atoms with van der Waals surface area (Å²) in [5.41, 5.74) is 0. The monoisotopic (exact) mass is 338 g/mol. The molecule has 2 heterocycles. The second-order valence-corrected chi connectivity index (χ2v) is 6.47. The summed E-state index contributed by atoms with van der Waals surface area (Å²) < 4.78 is 32.5. The number of carboxylic acid groups (broad SMARTS) is 1. The molecular formula is C9H11BrN2O5S. The molecule has 18 heavy (non-hydrogen) atoms. The van der Waals surface area contributed by atoms with Gasteiger partial charge in [0.05, 0.1) is 6.04 Å². The SMILES string of the molecule is CN1C(C(=O)O)CC(c2ccc(Br)o2)NS1(=O)=O. The number of likely N-dealkylation sites (N-methyl/N-ethyl adjacent to an activating group) is 1. The van der Waals surface area contributed by atoms with Crippen LogP contribution in [0.25, 0.3) is 0 Å². The molecular weight excluding hydrogens is 328 g/mol. The van der Waals surface area contributed by atoms with Crippen LogP contribution < -0.4 is 4.72 Å². The molecule has 7 nitrogen and oxygen atoms in total. The lowest BCUT2D eigenvalue weighted by molar-refractivity contribution is -0.141. The van der Waals surface area contributed by atoms with Crippen LogP contribution in [0.1, 0.15) is 18.2 Å². The van der Waals surface area contributed by atoms with Crippen LogP contribution in [0.5, 0.6) is 0 Å². The Bertz CT molecular complexity index is 569. The summed E-state index contributed by atoms with van der Waals surface area (Å²) in [4.78, 5) is 11.1. The number of furan rings is 1. The molecule has 0 aromatic carbocycles. The van der Waals surface area contributed by atoms with E-state index < -0.39 is 28.3 Å². The quantitative estimate of drug-likeness (QED) is 0.827. The minimum atomic E-state index is -3.82. The topological polar surface area (TPSA) is 99.8 Å². The van der Waals surface area contributed by atoms with Crippen molar-refractivity contribution in [3.8, 4) is 0 Å².